The van der Waals surface area contributed by atoms with Crippen LogP contribution in [0.4, 0.5) is 5.69 Å². The molecule has 25 heavy (non-hydrogen) atoms. The Kier molecular flexibility index (Phi) is 7.99. The lowest BCUT2D eigenvalue weighted by molar-refractivity contribution is -0.115. The molecule has 1 aliphatic rings. The Morgan fingerprint density at radius 3 is 2.28 bits per heavy atom. The van der Waals surface area contributed by atoms with Gasteiger partial charge in [0.25, 0.3) is 5.91 Å². The fraction of sp³-hybridized carbons (Fsp3) is 0.529. The second-order valence-corrected chi connectivity index (χ2v) is 6.07. The van der Waals surface area contributed by atoms with Gasteiger partial charge in [0.15, 0.2) is 11.5 Å². The normalized spacial score (nSPS) is 12.8. The highest BCUT2D eigenvalue weighted by atomic mass is 35.5. The molecule has 0 heterocycles. The van der Waals surface area contributed by atoms with Crippen LogP contribution in [0.15, 0.2) is 12.1 Å². The average Bonchev–Trinajstić information content (AvgIpc) is 3.37. The van der Waals surface area contributed by atoms with Crippen molar-refractivity contribution in [2.75, 3.05) is 46.7 Å². The second-order valence-electron chi connectivity index (χ2n) is 6.07. The summed E-state index contributed by atoms with van der Waals surface area (Å²) in [6.07, 6.45) is 2.46. The minimum atomic E-state index is -0.225. The van der Waals surface area contributed by atoms with E-state index in [-0.39, 0.29) is 30.8 Å². The lowest BCUT2D eigenvalue weighted by Crippen LogP contribution is -2.30. The van der Waals surface area contributed by atoms with Crippen molar-refractivity contribution in [1.29, 1.82) is 0 Å². The predicted octanol–water partition coefficient (Wildman–Crippen LogP) is 1.77. The SMILES string of the molecule is COc1cc(NC(=O)CNCC2CC2)c(C(=O)N(C)C)cc1OC.Cl. The third-order valence-corrected chi connectivity index (χ3v) is 3.85. The third-order valence-electron chi connectivity index (χ3n) is 3.85. The number of carbonyl (C=O) groups is 2. The fourth-order valence-corrected chi connectivity index (χ4v) is 2.31. The average molecular weight is 372 g/mol. The summed E-state index contributed by atoms with van der Waals surface area (Å²) < 4.78 is 10.5. The number of anilines is 1. The highest BCUT2D eigenvalue weighted by Crippen LogP contribution is 2.34. The van der Waals surface area contributed by atoms with Crippen LogP contribution in [0.25, 0.3) is 0 Å². The van der Waals surface area contributed by atoms with Crippen molar-refractivity contribution in [2.24, 2.45) is 5.92 Å². The van der Waals surface area contributed by atoms with Crippen molar-refractivity contribution in [3.63, 3.8) is 0 Å². The zero-order valence-corrected chi connectivity index (χ0v) is 15.9. The Labute approximate surface area is 154 Å². The first-order chi connectivity index (χ1) is 11.5. The maximum Gasteiger partial charge on any atom is 0.255 e. The van der Waals surface area contributed by atoms with Gasteiger partial charge in [-0.05, 0) is 31.4 Å². The molecule has 140 valence electrons. The molecule has 1 aromatic rings. The minimum absolute atomic E-state index is 0. The third kappa shape index (κ3) is 5.79. The first-order valence-corrected chi connectivity index (χ1v) is 7.94. The molecule has 0 atom stereocenters. The van der Waals surface area contributed by atoms with Gasteiger partial charge in [0, 0.05) is 20.2 Å². The monoisotopic (exact) mass is 371 g/mol. The van der Waals surface area contributed by atoms with Crippen molar-refractivity contribution in [3.05, 3.63) is 17.7 Å². The van der Waals surface area contributed by atoms with Gasteiger partial charge in [-0.2, -0.15) is 0 Å². The first kappa shape index (κ1) is 21.1. The van der Waals surface area contributed by atoms with Gasteiger partial charge in [-0.15, -0.1) is 12.4 Å². The summed E-state index contributed by atoms with van der Waals surface area (Å²) in [5.41, 5.74) is 0.762. The Balaban J connectivity index is 0.00000312. The van der Waals surface area contributed by atoms with Crippen molar-refractivity contribution in [1.82, 2.24) is 10.2 Å². The summed E-state index contributed by atoms with van der Waals surface area (Å²) in [4.78, 5) is 26.0. The van der Waals surface area contributed by atoms with E-state index >= 15 is 0 Å². The molecule has 1 fully saturated rings. The molecule has 0 spiro atoms. The van der Waals surface area contributed by atoms with E-state index in [0.29, 0.717) is 28.7 Å². The van der Waals surface area contributed by atoms with E-state index in [9.17, 15) is 9.59 Å². The van der Waals surface area contributed by atoms with E-state index in [1.54, 1.807) is 26.2 Å². The minimum Gasteiger partial charge on any atom is -0.493 e. The van der Waals surface area contributed by atoms with E-state index in [1.165, 1.54) is 32.0 Å². The number of carbonyl (C=O) groups excluding carboxylic acids is 2. The topological polar surface area (TPSA) is 79.9 Å². The van der Waals surface area contributed by atoms with Crippen LogP contribution in [-0.4, -0.2) is 58.1 Å². The van der Waals surface area contributed by atoms with Crippen LogP contribution in [0.1, 0.15) is 23.2 Å². The molecule has 8 heteroatoms. The summed E-state index contributed by atoms with van der Waals surface area (Å²) in [6, 6.07) is 3.18. The van der Waals surface area contributed by atoms with E-state index < -0.39 is 0 Å². The van der Waals surface area contributed by atoms with Crippen molar-refractivity contribution in [3.8, 4) is 11.5 Å². The summed E-state index contributed by atoms with van der Waals surface area (Å²) >= 11 is 0. The standard InChI is InChI=1S/C17H25N3O4.ClH/c1-20(2)17(22)12-7-14(23-3)15(24-4)8-13(12)19-16(21)10-18-9-11-5-6-11;/h7-8,11,18H,5-6,9-10H2,1-4H3,(H,19,21);1H. The van der Waals surface area contributed by atoms with Gasteiger partial charge in [0.1, 0.15) is 0 Å². The van der Waals surface area contributed by atoms with Crippen molar-refractivity contribution < 1.29 is 19.1 Å². The molecule has 2 amide bonds. The zero-order valence-electron chi connectivity index (χ0n) is 15.0. The maximum atomic E-state index is 12.4. The van der Waals surface area contributed by atoms with Gasteiger partial charge in [-0.25, -0.2) is 0 Å². The highest BCUT2D eigenvalue weighted by molar-refractivity contribution is 6.04. The van der Waals surface area contributed by atoms with Gasteiger partial charge in [-0.1, -0.05) is 0 Å². The number of halogens is 1. The first-order valence-electron chi connectivity index (χ1n) is 7.94. The summed E-state index contributed by atoms with van der Waals surface area (Å²) in [7, 11) is 6.32. The van der Waals surface area contributed by atoms with Gasteiger partial charge in [-0.3, -0.25) is 9.59 Å². The second kappa shape index (κ2) is 9.48. The van der Waals surface area contributed by atoms with Crippen molar-refractivity contribution >= 4 is 29.9 Å². The molecule has 1 aliphatic carbocycles. The number of methoxy groups -OCH3 is 2. The molecule has 2 N–H and O–H groups in total. The van der Waals surface area contributed by atoms with Crippen LogP contribution in [0.2, 0.25) is 0 Å². The largest absolute Gasteiger partial charge is 0.493 e. The Morgan fingerprint density at radius 1 is 1.16 bits per heavy atom. The maximum absolute atomic E-state index is 12.4. The zero-order chi connectivity index (χ0) is 17.7. The van der Waals surface area contributed by atoms with Crippen molar-refractivity contribution in [2.45, 2.75) is 12.8 Å². The van der Waals surface area contributed by atoms with E-state index in [0.717, 1.165) is 6.54 Å². The van der Waals surface area contributed by atoms with E-state index in [1.807, 2.05) is 0 Å². The summed E-state index contributed by atoms with van der Waals surface area (Å²) in [5.74, 6) is 1.17. The van der Waals surface area contributed by atoms with Gasteiger partial charge in [0.2, 0.25) is 5.91 Å². The molecule has 2 rings (SSSR count). The van der Waals surface area contributed by atoms with Gasteiger partial charge < -0.3 is 25.0 Å². The molecule has 0 aromatic heterocycles. The number of nitrogens with one attached hydrogen (secondary N) is 2. The number of hydrogen-bond donors (Lipinski definition) is 2. The number of ether oxygens (including phenoxy) is 2. The summed E-state index contributed by atoms with van der Waals surface area (Å²) in [5, 5.41) is 5.91. The molecule has 0 aliphatic heterocycles. The molecule has 0 bridgehead atoms. The molecule has 0 radical (unpaired) electrons. The molecule has 1 saturated carbocycles. The van der Waals surface area contributed by atoms with Crippen LogP contribution in [-0.2, 0) is 4.79 Å². The molecule has 7 nitrogen and oxygen atoms in total. The van der Waals surface area contributed by atoms with Crippen LogP contribution in [0.5, 0.6) is 11.5 Å². The lowest BCUT2D eigenvalue weighted by Gasteiger charge is -2.18. The van der Waals surface area contributed by atoms with E-state index in [2.05, 4.69) is 10.6 Å². The van der Waals surface area contributed by atoms with Gasteiger partial charge in [0.05, 0.1) is 32.0 Å². The number of amides is 2. The predicted molar refractivity (Wildman–Crippen MR) is 99.0 cm³/mol. The quantitative estimate of drug-likeness (QED) is 0.728. The highest BCUT2D eigenvalue weighted by Gasteiger charge is 2.22. The Morgan fingerprint density at radius 2 is 1.76 bits per heavy atom. The Bertz CT molecular complexity index is 618. The number of benzene rings is 1. The lowest BCUT2D eigenvalue weighted by atomic mass is 10.1. The number of rotatable bonds is 8. The smallest absolute Gasteiger partial charge is 0.255 e. The Hall–Kier alpha value is -1.99. The molecule has 1 aromatic carbocycles. The van der Waals surface area contributed by atoms with Crippen LogP contribution in [0.3, 0.4) is 0 Å². The molecule has 0 unspecified atom stereocenters. The summed E-state index contributed by atoms with van der Waals surface area (Å²) in [6.45, 7) is 1.06. The number of hydrogen-bond acceptors (Lipinski definition) is 5. The van der Waals surface area contributed by atoms with Crippen LogP contribution >= 0.6 is 12.4 Å². The molecule has 0 saturated heterocycles. The van der Waals surface area contributed by atoms with Crippen LogP contribution in [0, 0.1) is 5.92 Å². The molecular weight excluding hydrogens is 346 g/mol. The van der Waals surface area contributed by atoms with Gasteiger partial charge >= 0.3 is 0 Å². The molecular formula is C17H26ClN3O4. The fourth-order valence-electron chi connectivity index (χ4n) is 2.31. The van der Waals surface area contributed by atoms with Crippen LogP contribution < -0.4 is 20.1 Å². The number of nitrogens with zero attached hydrogens (tertiary/aromatic N) is 1. The van der Waals surface area contributed by atoms with E-state index in [4.69, 9.17) is 9.47 Å².